The van der Waals surface area contributed by atoms with Crippen LogP contribution in [0.15, 0.2) is 6.07 Å². The first-order chi connectivity index (χ1) is 8.00. The van der Waals surface area contributed by atoms with Crippen molar-refractivity contribution in [3.8, 4) is 0 Å². The van der Waals surface area contributed by atoms with E-state index in [4.69, 9.17) is 5.11 Å². The van der Waals surface area contributed by atoms with E-state index in [1.807, 2.05) is 6.92 Å². The number of aromatic nitrogens is 2. The van der Waals surface area contributed by atoms with Crippen LogP contribution in [0.25, 0.3) is 0 Å². The van der Waals surface area contributed by atoms with Crippen molar-refractivity contribution >= 4 is 5.91 Å². The molecular weight excluding hydrogens is 220 g/mol. The Morgan fingerprint density at radius 3 is 2.82 bits per heavy atom. The second-order valence-electron chi connectivity index (χ2n) is 4.10. The Morgan fingerprint density at radius 2 is 2.29 bits per heavy atom. The average molecular weight is 240 g/mol. The molecule has 1 unspecified atom stereocenters. The molecule has 1 aromatic rings. The first-order valence-electron chi connectivity index (χ1n) is 5.68. The Hall–Kier alpha value is -1.40. The highest BCUT2D eigenvalue weighted by Gasteiger charge is 2.10. The van der Waals surface area contributed by atoms with Gasteiger partial charge in [-0.15, -0.1) is 0 Å². The monoisotopic (exact) mass is 240 g/mol. The predicted molar refractivity (Wildman–Crippen MR) is 64.8 cm³/mol. The van der Waals surface area contributed by atoms with Gasteiger partial charge < -0.3 is 15.7 Å². The molecule has 0 aliphatic heterocycles. The van der Waals surface area contributed by atoms with Crippen LogP contribution in [0.4, 0.5) is 0 Å². The molecular formula is C11H20N4O2. The summed E-state index contributed by atoms with van der Waals surface area (Å²) in [5.41, 5.74) is 1.38. The molecule has 0 bridgehead atoms. The van der Waals surface area contributed by atoms with Gasteiger partial charge in [0, 0.05) is 26.7 Å². The van der Waals surface area contributed by atoms with E-state index in [-0.39, 0.29) is 12.0 Å². The number of amides is 1. The Kier molecular flexibility index (Phi) is 5.11. The van der Waals surface area contributed by atoms with Gasteiger partial charge >= 0.3 is 0 Å². The number of hydrogen-bond acceptors (Lipinski definition) is 4. The van der Waals surface area contributed by atoms with E-state index >= 15 is 0 Å². The van der Waals surface area contributed by atoms with Gasteiger partial charge in [0.25, 0.3) is 5.91 Å². The maximum Gasteiger partial charge on any atom is 0.269 e. The zero-order valence-corrected chi connectivity index (χ0v) is 10.5. The SMILES string of the molecule is Cc1cc(C(=O)NCCNCC(C)O)n(C)n1. The van der Waals surface area contributed by atoms with Crippen LogP contribution in [0, 0.1) is 6.92 Å². The molecule has 1 atom stereocenters. The normalized spacial score (nSPS) is 12.5. The van der Waals surface area contributed by atoms with Crippen LogP contribution in [0.3, 0.4) is 0 Å². The van der Waals surface area contributed by atoms with Crippen molar-refractivity contribution in [2.75, 3.05) is 19.6 Å². The fraction of sp³-hybridized carbons (Fsp3) is 0.636. The maximum absolute atomic E-state index is 11.7. The zero-order valence-electron chi connectivity index (χ0n) is 10.5. The lowest BCUT2D eigenvalue weighted by molar-refractivity contribution is 0.0944. The van der Waals surface area contributed by atoms with Crippen molar-refractivity contribution < 1.29 is 9.90 Å². The summed E-state index contributed by atoms with van der Waals surface area (Å²) < 4.78 is 1.56. The van der Waals surface area contributed by atoms with E-state index in [1.165, 1.54) is 0 Å². The molecule has 0 aliphatic rings. The molecule has 1 amide bonds. The fourth-order valence-corrected chi connectivity index (χ4v) is 1.49. The maximum atomic E-state index is 11.7. The first-order valence-corrected chi connectivity index (χ1v) is 5.68. The highest BCUT2D eigenvalue weighted by molar-refractivity contribution is 5.92. The molecule has 0 saturated carbocycles. The van der Waals surface area contributed by atoms with Crippen molar-refractivity contribution in [3.63, 3.8) is 0 Å². The van der Waals surface area contributed by atoms with Gasteiger partial charge in [0.15, 0.2) is 0 Å². The van der Waals surface area contributed by atoms with Gasteiger partial charge in [-0.05, 0) is 19.9 Å². The second kappa shape index (κ2) is 6.36. The molecule has 3 N–H and O–H groups in total. The summed E-state index contributed by atoms with van der Waals surface area (Å²) in [6.07, 6.45) is -0.370. The van der Waals surface area contributed by atoms with Crippen molar-refractivity contribution in [2.45, 2.75) is 20.0 Å². The topological polar surface area (TPSA) is 79.2 Å². The number of nitrogens with one attached hydrogen (secondary N) is 2. The number of aryl methyl sites for hydroxylation is 2. The molecule has 1 rings (SSSR count). The Labute approximate surface area is 101 Å². The summed E-state index contributed by atoms with van der Waals surface area (Å²) in [5, 5.41) is 18.9. The van der Waals surface area contributed by atoms with Crippen LogP contribution in [-0.2, 0) is 7.05 Å². The van der Waals surface area contributed by atoms with E-state index in [1.54, 1.807) is 24.7 Å². The molecule has 1 heterocycles. The lowest BCUT2D eigenvalue weighted by Crippen LogP contribution is -2.35. The highest BCUT2D eigenvalue weighted by Crippen LogP contribution is 2.00. The van der Waals surface area contributed by atoms with Gasteiger partial charge in [-0.2, -0.15) is 5.10 Å². The summed E-state index contributed by atoms with van der Waals surface area (Å²) in [5.74, 6) is -0.132. The van der Waals surface area contributed by atoms with Gasteiger partial charge in [0.1, 0.15) is 5.69 Å². The quantitative estimate of drug-likeness (QED) is 0.582. The smallest absolute Gasteiger partial charge is 0.269 e. The number of carbonyl (C=O) groups is 1. The van der Waals surface area contributed by atoms with E-state index in [0.717, 1.165) is 5.69 Å². The van der Waals surface area contributed by atoms with Crippen LogP contribution >= 0.6 is 0 Å². The molecule has 1 aromatic heterocycles. The molecule has 17 heavy (non-hydrogen) atoms. The largest absolute Gasteiger partial charge is 0.392 e. The van der Waals surface area contributed by atoms with Crippen molar-refractivity contribution in [3.05, 3.63) is 17.5 Å². The Bertz CT molecular complexity index is 374. The van der Waals surface area contributed by atoms with E-state index < -0.39 is 0 Å². The number of aliphatic hydroxyl groups is 1. The average Bonchev–Trinajstić information content (AvgIpc) is 2.56. The van der Waals surface area contributed by atoms with Crippen molar-refractivity contribution in [1.82, 2.24) is 20.4 Å². The second-order valence-corrected chi connectivity index (χ2v) is 4.10. The van der Waals surface area contributed by atoms with Crippen LogP contribution in [0.5, 0.6) is 0 Å². The third-order valence-electron chi connectivity index (χ3n) is 2.26. The standard InChI is InChI=1S/C11H20N4O2/c1-8-6-10(15(3)14-8)11(17)13-5-4-12-7-9(2)16/h6,9,12,16H,4-5,7H2,1-3H3,(H,13,17). The van der Waals surface area contributed by atoms with Gasteiger partial charge in [-0.3, -0.25) is 9.48 Å². The molecule has 0 spiro atoms. The lowest BCUT2D eigenvalue weighted by atomic mass is 10.3. The number of nitrogens with zero attached hydrogens (tertiary/aromatic N) is 2. The minimum Gasteiger partial charge on any atom is -0.392 e. The van der Waals surface area contributed by atoms with Crippen LogP contribution in [0.2, 0.25) is 0 Å². The van der Waals surface area contributed by atoms with Crippen LogP contribution in [-0.4, -0.2) is 46.5 Å². The van der Waals surface area contributed by atoms with Gasteiger partial charge in [0.2, 0.25) is 0 Å². The summed E-state index contributed by atoms with van der Waals surface area (Å²) in [4.78, 5) is 11.7. The van der Waals surface area contributed by atoms with Crippen LogP contribution < -0.4 is 10.6 Å². The third-order valence-corrected chi connectivity index (χ3v) is 2.26. The lowest BCUT2D eigenvalue weighted by Gasteiger charge is -2.08. The fourth-order valence-electron chi connectivity index (χ4n) is 1.49. The Morgan fingerprint density at radius 1 is 1.59 bits per heavy atom. The number of aliphatic hydroxyl groups excluding tert-OH is 1. The minimum absolute atomic E-state index is 0.132. The summed E-state index contributed by atoms with van der Waals surface area (Å²) in [7, 11) is 1.74. The third kappa shape index (κ3) is 4.54. The summed E-state index contributed by atoms with van der Waals surface area (Å²) in [6, 6.07) is 1.75. The molecule has 0 aromatic carbocycles. The number of carbonyl (C=O) groups excluding carboxylic acids is 1. The van der Waals surface area contributed by atoms with Crippen molar-refractivity contribution in [2.24, 2.45) is 7.05 Å². The van der Waals surface area contributed by atoms with Gasteiger partial charge in [-0.1, -0.05) is 0 Å². The van der Waals surface area contributed by atoms with Crippen molar-refractivity contribution in [1.29, 1.82) is 0 Å². The number of rotatable bonds is 6. The zero-order chi connectivity index (χ0) is 12.8. The molecule has 0 aliphatic carbocycles. The predicted octanol–water partition coefficient (Wildman–Crippen LogP) is -0.571. The molecule has 6 heteroatoms. The van der Waals surface area contributed by atoms with E-state index in [0.29, 0.717) is 25.3 Å². The first kappa shape index (κ1) is 13.7. The molecule has 0 fully saturated rings. The Balaban J connectivity index is 2.28. The van der Waals surface area contributed by atoms with Crippen LogP contribution in [0.1, 0.15) is 23.1 Å². The van der Waals surface area contributed by atoms with Gasteiger partial charge in [-0.25, -0.2) is 0 Å². The molecule has 0 radical (unpaired) electrons. The molecule has 0 saturated heterocycles. The highest BCUT2D eigenvalue weighted by atomic mass is 16.3. The summed E-state index contributed by atoms with van der Waals surface area (Å²) >= 11 is 0. The molecule has 96 valence electrons. The summed E-state index contributed by atoms with van der Waals surface area (Å²) in [6.45, 7) is 5.24. The van der Waals surface area contributed by atoms with E-state index in [9.17, 15) is 4.79 Å². The number of hydrogen-bond donors (Lipinski definition) is 3. The molecule has 6 nitrogen and oxygen atoms in total. The minimum atomic E-state index is -0.370. The van der Waals surface area contributed by atoms with Gasteiger partial charge in [0.05, 0.1) is 11.8 Å². The van der Waals surface area contributed by atoms with E-state index in [2.05, 4.69) is 15.7 Å².